The van der Waals surface area contributed by atoms with Crippen LogP contribution in [-0.2, 0) is 4.79 Å². The van der Waals surface area contributed by atoms with Gasteiger partial charge >= 0.3 is 0 Å². The van der Waals surface area contributed by atoms with Crippen molar-refractivity contribution in [2.24, 2.45) is 5.92 Å². The van der Waals surface area contributed by atoms with Gasteiger partial charge in [0.2, 0.25) is 5.91 Å². The lowest BCUT2D eigenvalue weighted by molar-refractivity contribution is -0.384. The molecule has 1 amide bonds. The van der Waals surface area contributed by atoms with Crippen molar-refractivity contribution in [1.29, 1.82) is 0 Å². The molecule has 0 aliphatic heterocycles. The molecule has 1 N–H and O–H groups in total. The molecule has 1 aliphatic rings. The third-order valence-electron chi connectivity index (χ3n) is 3.54. The Kier molecular flexibility index (Phi) is 4.49. The van der Waals surface area contributed by atoms with Crippen LogP contribution >= 0.6 is 0 Å². The summed E-state index contributed by atoms with van der Waals surface area (Å²) in [6.45, 7) is 0. The molecule has 0 atom stereocenters. The predicted molar refractivity (Wildman–Crippen MR) is 72.9 cm³/mol. The second-order valence-corrected chi connectivity index (χ2v) is 5.06. The topological polar surface area (TPSA) is 72.2 Å². The van der Waals surface area contributed by atoms with Crippen LogP contribution in [0.25, 0.3) is 0 Å². The fourth-order valence-corrected chi connectivity index (χ4v) is 2.56. The fourth-order valence-electron chi connectivity index (χ4n) is 2.56. The van der Waals surface area contributed by atoms with Crippen molar-refractivity contribution in [1.82, 2.24) is 0 Å². The van der Waals surface area contributed by atoms with Crippen molar-refractivity contribution in [2.45, 2.75) is 38.5 Å². The van der Waals surface area contributed by atoms with E-state index in [2.05, 4.69) is 5.32 Å². The van der Waals surface area contributed by atoms with Crippen LogP contribution in [-0.4, -0.2) is 10.8 Å². The van der Waals surface area contributed by atoms with Crippen LogP contribution in [0.1, 0.15) is 38.5 Å². The molecule has 5 nitrogen and oxygen atoms in total. The van der Waals surface area contributed by atoms with Crippen molar-refractivity contribution in [2.75, 3.05) is 5.32 Å². The zero-order chi connectivity index (χ0) is 13.7. The van der Waals surface area contributed by atoms with E-state index < -0.39 is 4.92 Å². The van der Waals surface area contributed by atoms with Crippen molar-refractivity contribution < 1.29 is 9.72 Å². The first kappa shape index (κ1) is 13.5. The molecule has 5 heteroatoms. The number of hydrogen-bond donors (Lipinski definition) is 1. The minimum Gasteiger partial charge on any atom is -0.326 e. The Morgan fingerprint density at radius 3 is 2.74 bits per heavy atom. The van der Waals surface area contributed by atoms with Gasteiger partial charge in [-0.2, -0.15) is 0 Å². The summed E-state index contributed by atoms with van der Waals surface area (Å²) in [7, 11) is 0. The van der Waals surface area contributed by atoms with Crippen LogP contribution in [0.3, 0.4) is 0 Å². The van der Waals surface area contributed by atoms with E-state index >= 15 is 0 Å². The standard InChI is InChI=1S/C14H18N2O3/c17-14(9-11-5-2-1-3-6-11)15-12-7-4-8-13(10-12)16(18)19/h4,7-8,10-11H,1-3,5-6,9H2,(H,15,17). The van der Waals surface area contributed by atoms with Gasteiger partial charge in [0.15, 0.2) is 0 Å². The van der Waals surface area contributed by atoms with E-state index in [4.69, 9.17) is 0 Å². The Morgan fingerprint density at radius 2 is 2.05 bits per heavy atom. The highest BCUT2D eigenvalue weighted by Crippen LogP contribution is 2.26. The number of non-ortho nitro benzene ring substituents is 1. The lowest BCUT2D eigenvalue weighted by Crippen LogP contribution is -2.18. The summed E-state index contributed by atoms with van der Waals surface area (Å²) >= 11 is 0. The van der Waals surface area contributed by atoms with Gasteiger partial charge in [-0.05, 0) is 24.8 Å². The van der Waals surface area contributed by atoms with Crippen LogP contribution < -0.4 is 5.32 Å². The predicted octanol–water partition coefficient (Wildman–Crippen LogP) is 3.50. The molecule has 1 aromatic carbocycles. The monoisotopic (exact) mass is 262 g/mol. The van der Waals surface area contributed by atoms with Crippen molar-refractivity contribution in [3.8, 4) is 0 Å². The van der Waals surface area contributed by atoms with E-state index in [1.165, 1.54) is 31.4 Å². The van der Waals surface area contributed by atoms with Gasteiger partial charge in [-0.15, -0.1) is 0 Å². The first-order chi connectivity index (χ1) is 9.15. The van der Waals surface area contributed by atoms with Gasteiger partial charge in [0.05, 0.1) is 4.92 Å². The molecule has 1 fully saturated rings. The Bertz CT molecular complexity index is 468. The number of carbonyl (C=O) groups excluding carboxylic acids is 1. The SMILES string of the molecule is O=C(CC1CCCCC1)Nc1cccc([N+](=O)[O-])c1. The minimum absolute atomic E-state index is 0.00420. The molecule has 19 heavy (non-hydrogen) atoms. The molecule has 1 aliphatic carbocycles. The van der Waals surface area contributed by atoms with Crippen LogP contribution in [0, 0.1) is 16.0 Å². The molecule has 2 rings (SSSR count). The average molecular weight is 262 g/mol. The van der Waals surface area contributed by atoms with Crippen LogP contribution in [0.2, 0.25) is 0 Å². The average Bonchev–Trinajstić information content (AvgIpc) is 2.40. The normalized spacial score (nSPS) is 16.0. The maximum atomic E-state index is 11.9. The summed E-state index contributed by atoms with van der Waals surface area (Å²) in [6.07, 6.45) is 6.42. The van der Waals surface area contributed by atoms with Gasteiger partial charge in [0.25, 0.3) is 5.69 Å². The number of carbonyl (C=O) groups is 1. The second-order valence-electron chi connectivity index (χ2n) is 5.06. The fraction of sp³-hybridized carbons (Fsp3) is 0.500. The minimum atomic E-state index is -0.462. The number of rotatable bonds is 4. The Hall–Kier alpha value is -1.91. The van der Waals surface area contributed by atoms with Gasteiger partial charge < -0.3 is 5.32 Å². The lowest BCUT2D eigenvalue weighted by atomic mass is 9.87. The molecule has 102 valence electrons. The van der Waals surface area contributed by atoms with E-state index in [-0.39, 0.29) is 11.6 Å². The van der Waals surface area contributed by atoms with Crippen LogP contribution in [0.15, 0.2) is 24.3 Å². The Balaban J connectivity index is 1.90. The van der Waals surface area contributed by atoms with Crippen LogP contribution in [0.4, 0.5) is 11.4 Å². The van der Waals surface area contributed by atoms with E-state index in [0.717, 1.165) is 12.8 Å². The lowest BCUT2D eigenvalue weighted by Gasteiger charge is -2.20. The van der Waals surface area contributed by atoms with Crippen LogP contribution in [0.5, 0.6) is 0 Å². The van der Waals surface area contributed by atoms with E-state index in [1.54, 1.807) is 12.1 Å². The van der Waals surface area contributed by atoms with E-state index in [0.29, 0.717) is 18.0 Å². The molecule has 0 heterocycles. The molecular formula is C14H18N2O3. The second kappa shape index (κ2) is 6.31. The van der Waals surface area contributed by atoms with Crippen molar-refractivity contribution >= 4 is 17.3 Å². The third-order valence-corrected chi connectivity index (χ3v) is 3.54. The van der Waals surface area contributed by atoms with Gasteiger partial charge in [0, 0.05) is 24.2 Å². The van der Waals surface area contributed by atoms with Crippen molar-refractivity contribution in [3.05, 3.63) is 34.4 Å². The highest BCUT2D eigenvalue weighted by Gasteiger charge is 2.17. The summed E-state index contributed by atoms with van der Waals surface area (Å²) in [5.74, 6) is 0.417. The number of anilines is 1. The third kappa shape index (κ3) is 4.05. The quantitative estimate of drug-likeness (QED) is 0.666. The maximum Gasteiger partial charge on any atom is 0.271 e. The molecule has 1 aromatic rings. The van der Waals surface area contributed by atoms with Gasteiger partial charge in [-0.3, -0.25) is 14.9 Å². The molecule has 1 saturated carbocycles. The molecular weight excluding hydrogens is 244 g/mol. The number of benzene rings is 1. The number of nitrogens with zero attached hydrogens (tertiary/aromatic N) is 1. The van der Waals surface area contributed by atoms with Crippen molar-refractivity contribution in [3.63, 3.8) is 0 Å². The molecule has 0 radical (unpaired) electrons. The van der Waals surface area contributed by atoms with Gasteiger partial charge in [0.1, 0.15) is 0 Å². The highest BCUT2D eigenvalue weighted by molar-refractivity contribution is 5.91. The summed E-state index contributed by atoms with van der Waals surface area (Å²) < 4.78 is 0. The van der Waals surface area contributed by atoms with Gasteiger partial charge in [-0.1, -0.05) is 25.3 Å². The maximum absolute atomic E-state index is 11.9. The summed E-state index contributed by atoms with van der Waals surface area (Å²) in [5.41, 5.74) is 0.491. The Labute approximate surface area is 112 Å². The highest BCUT2D eigenvalue weighted by atomic mass is 16.6. The summed E-state index contributed by atoms with van der Waals surface area (Å²) in [4.78, 5) is 22.1. The molecule has 0 saturated heterocycles. The first-order valence-corrected chi connectivity index (χ1v) is 6.69. The number of nitro benzene ring substituents is 1. The van der Waals surface area contributed by atoms with Gasteiger partial charge in [-0.25, -0.2) is 0 Å². The Morgan fingerprint density at radius 1 is 1.32 bits per heavy atom. The zero-order valence-corrected chi connectivity index (χ0v) is 10.8. The van der Waals surface area contributed by atoms with E-state index in [9.17, 15) is 14.9 Å². The molecule has 0 spiro atoms. The number of nitro groups is 1. The smallest absolute Gasteiger partial charge is 0.271 e. The molecule has 0 aromatic heterocycles. The number of nitrogens with one attached hydrogen (secondary N) is 1. The summed E-state index contributed by atoms with van der Waals surface area (Å²) in [5, 5.41) is 13.4. The largest absolute Gasteiger partial charge is 0.326 e. The summed E-state index contributed by atoms with van der Waals surface area (Å²) in [6, 6.07) is 6.05. The molecule has 0 unspecified atom stereocenters. The zero-order valence-electron chi connectivity index (χ0n) is 10.8. The first-order valence-electron chi connectivity index (χ1n) is 6.69. The molecule has 0 bridgehead atoms. The van der Waals surface area contributed by atoms with E-state index in [1.807, 2.05) is 0 Å². The number of hydrogen-bond acceptors (Lipinski definition) is 3. The number of amides is 1.